The van der Waals surface area contributed by atoms with Crippen LogP contribution in [0.25, 0.3) is 86.3 Å². The molecule has 3 heterocycles. The van der Waals surface area contributed by atoms with Gasteiger partial charge in [-0.25, -0.2) is 0 Å². The maximum atomic E-state index is 6.25. The number of fused-ring (bicyclic) bond motifs is 10. The normalized spacial score (nSPS) is 11.8. The maximum Gasteiger partial charge on any atom is 0.136 e. The van der Waals surface area contributed by atoms with Crippen LogP contribution in [0.3, 0.4) is 0 Å². The predicted molar refractivity (Wildman–Crippen MR) is 219 cm³/mol. The molecule has 0 saturated heterocycles. The Hall–Kier alpha value is -6.62. The molecule has 0 radical (unpaired) electrons. The molecule has 4 heteroatoms. The molecule has 0 aliphatic heterocycles. The van der Waals surface area contributed by atoms with Crippen LogP contribution in [0.15, 0.2) is 185 Å². The second-order valence-corrected chi connectivity index (χ2v) is 14.3. The van der Waals surface area contributed by atoms with Crippen molar-refractivity contribution in [1.29, 1.82) is 0 Å². The number of para-hydroxylation sites is 2. The van der Waals surface area contributed by atoms with E-state index in [1.807, 2.05) is 29.5 Å². The SMILES string of the molecule is c1ccc(-c2ccc(N(c3ccc(-c4cccc5c4sc4c5ccc5oc6ccccc6c54)cc3)c3ccc4oc5ccccc5c4c3)cc2)cc1. The minimum atomic E-state index is 0.886. The second-order valence-electron chi connectivity index (χ2n) is 13.3. The van der Waals surface area contributed by atoms with E-state index in [0.29, 0.717) is 0 Å². The molecule has 0 amide bonds. The highest BCUT2D eigenvalue weighted by Crippen LogP contribution is 2.46. The lowest BCUT2D eigenvalue weighted by atomic mass is 10.0. The summed E-state index contributed by atoms with van der Waals surface area (Å²) in [6.07, 6.45) is 0. The van der Waals surface area contributed by atoms with Crippen LogP contribution in [-0.2, 0) is 0 Å². The Labute approximate surface area is 303 Å². The van der Waals surface area contributed by atoms with Gasteiger partial charge in [0, 0.05) is 58.8 Å². The van der Waals surface area contributed by atoms with Crippen molar-refractivity contribution in [3.05, 3.63) is 176 Å². The van der Waals surface area contributed by atoms with Gasteiger partial charge in [-0.15, -0.1) is 11.3 Å². The summed E-state index contributed by atoms with van der Waals surface area (Å²) in [7, 11) is 0. The molecule has 0 fully saturated rings. The molecule has 244 valence electrons. The first-order valence-corrected chi connectivity index (χ1v) is 18.3. The Kier molecular flexibility index (Phi) is 6.42. The topological polar surface area (TPSA) is 29.5 Å². The van der Waals surface area contributed by atoms with Crippen molar-refractivity contribution in [2.45, 2.75) is 0 Å². The maximum absolute atomic E-state index is 6.25. The third-order valence-electron chi connectivity index (χ3n) is 10.3. The zero-order valence-corrected chi connectivity index (χ0v) is 28.7. The van der Waals surface area contributed by atoms with E-state index >= 15 is 0 Å². The predicted octanol–water partition coefficient (Wildman–Crippen LogP) is 14.7. The first-order chi connectivity index (χ1) is 25.8. The summed E-state index contributed by atoms with van der Waals surface area (Å²) in [6.45, 7) is 0. The molecular formula is C48H29NO2S. The van der Waals surface area contributed by atoms with Crippen LogP contribution >= 0.6 is 11.3 Å². The number of hydrogen-bond acceptors (Lipinski definition) is 4. The van der Waals surface area contributed by atoms with Crippen LogP contribution in [-0.4, -0.2) is 0 Å². The summed E-state index contributed by atoms with van der Waals surface area (Å²) < 4.78 is 15.0. The highest BCUT2D eigenvalue weighted by molar-refractivity contribution is 7.27. The minimum absolute atomic E-state index is 0.886. The molecular weight excluding hydrogens is 655 g/mol. The van der Waals surface area contributed by atoms with Gasteiger partial charge in [0.05, 0.1) is 0 Å². The molecule has 0 aliphatic carbocycles. The van der Waals surface area contributed by atoms with Crippen molar-refractivity contribution in [3.8, 4) is 22.3 Å². The van der Waals surface area contributed by atoms with E-state index in [2.05, 4.69) is 163 Å². The molecule has 0 atom stereocenters. The number of rotatable bonds is 5. The molecule has 52 heavy (non-hydrogen) atoms. The van der Waals surface area contributed by atoms with Crippen LogP contribution in [0.1, 0.15) is 0 Å². The van der Waals surface area contributed by atoms with Gasteiger partial charge in [-0.1, -0.05) is 109 Å². The molecule has 11 rings (SSSR count). The fourth-order valence-electron chi connectivity index (χ4n) is 7.82. The lowest BCUT2D eigenvalue weighted by Gasteiger charge is -2.26. The number of benzene rings is 8. The molecule has 11 aromatic rings. The quantitative estimate of drug-likeness (QED) is 0.181. The Morgan fingerprint density at radius 2 is 0.904 bits per heavy atom. The molecule has 8 aromatic carbocycles. The second kappa shape index (κ2) is 11.5. The average Bonchev–Trinajstić information content (AvgIpc) is 3.90. The van der Waals surface area contributed by atoms with Crippen LogP contribution in [0.5, 0.6) is 0 Å². The van der Waals surface area contributed by atoms with Crippen molar-refractivity contribution >= 4 is 92.4 Å². The Bertz CT molecular complexity index is 3110. The van der Waals surface area contributed by atoms with Crippen molar-refractivity contribution < 1.29 is 8.83 Å². The van der Waals surface area contributed by atoms with Crippen molar-refractivity contribution in [3.63, 3.8) is 0 Å². The molecule has 0 aliphatic rings. The Morgan fingerprint density at radius 1 is 0.346 bits per heavy atom. The highest BCUT2D eigenvalue weighted by Gasteiger charge is 2.19. The van der Waals surface area contributed by atoms with E-state index in [0.717, 1.165) is 50.2 Å². The summed E-state index contributed by atoms with van der Waals surface area (Å²) in [6, 6.07) is 62.5. The van der Waals surface area contributed by atoms with Gasteiger partial charge in [0.15, 0.2) is 0 Å². The van der Waals surface area contributed by atoms with Gasteiger partial charge in [0.2, 0.25) is 0 Å². The molecule has 3 aromatic heterocycles. The van der Waals surface area contributed by atoms with Crippen molar-refractivity contribution in [2.24, 2.45) is 0 Å². The van der Waals surface area contributed by atoms with Gasteiger partial charge in [0.25, 0.3) is 0 Å². The zero-order valence-electron chi connectivity index (χ0n) is 27.9. The first kappa shape index (κ1) is 29.1. The van der Waals surface area contributed by atoms with Crippen LogP contribution in [0.2, 0.25) is 0 Å². The van der Waals surface area contributed by atoms with Gasteiger partial charge in [-0.2, -0.15) is 0 Å². The third kappa shape index (κ3) is 4.51. The van der Waals surface area contributed by atoms with E-state index in [4.69, 9.17) is 8.83 Å². The first-order valence-electron chi connectivity index (χ1n) is 17.5. The zero-order chi connectivity index (χ0) is 34.2. The number of furan rings is 2. The number of nitrogens with zero attached hydrogens (tertiary/aromatic N) is 1. The summed E-state index contributed by atoms with van der Waals surface area (Å²) >= 11 is 1.86. The van der Waals surface area contributed by atoms with E-state index in [1.165, 1.54) is 53.2 Å². The smallest absolute Gasteiger partial charge is 0.136 e. The lowest BCUT2D eigenvalue weighted by Crippen LogP contribution is -2.09. The summed E-state index contributed by atoms with van der Waals surface area (Å²) in [5, 5.41) is 7.13. The van der Waals surface area contributed by atoms with Gasteiger partial charge < -0.3 is 13.7 Å². The summed E-state index contributed by atoms with van der Waals surface area (Å²) in [5.74, 6) is 0. The molecule has 0 saturated carbocycles. The standard InChI is InChI=1S/C48H29NO2S/c1-2-9-30(10-3-1)31-17-21-33(22-18-31)49(35-25-27-44-41(29-35)37-11-4-6-15-42(37)50-44)34-23-19-32(20-24-34)36-13-8-14-38-39-26-28-45-46(48(39)52-47(36)38)40-12-5-7-16-43(40)51-45/h1-29H. The summed E-state index contributed by atoms with van der Waals surface area (Å²) in [4.78, 5) is 2.33. The minimum Gasteiger partial charge on any atom is -0.456 e. The summed E-state index contributed by atoms with van der Waals surface area (Å²) in [5.41, 5.74) is 11.7. The fraction of sp³-hybridized carbons (Fsp3) is 0. The van der Waals surface area contributed by atoms with E-state index in [9.17, 15) is 0 Å². The van der Waals surface area contributed by atoms with Gasteiger partial charge in [-0.3, -0.25) is 0 Å². The van der Waals surface area contributed by atoms with Crippen LogP contribution < -0.4 is 4.90 Å². The van der Waals surface area contributed by atoms with Gasteiger partial charge in [-0.05, 0) is 89.0 Å². The van der Waals surface area contributed by atoms with Crippen LogP contribution in [0, 0.1) is 0 Å². The van der Waals surface area contributed by atoms with Gasteiger partial charge in [0.1, 0.15) is 22.3 Å². The Balaban J connectivity index is 1.04. The van der Waals surface area contributed by atoms with E-state index < -0.39 is 0 Å². The monoisotopic (exact) mass is 683 g/mol. The fourth-order valence-corrected chi connectivity index (χ4v) is 9.20. The molecule has 0 spiro atoms. The largest absolute Gasteiger partial charge is 0.456 e. The van der Waals surface area contributed by atoms with E-state index in [-0.39, 0.29) is 0 Å². The van der Waals surface area contributed by atoms with Crippen LogP contribution in [0.4, 0.5) is 17.1 Å². The molecule has 0 N–H and O–H groups in total. The van der Waals surface area contributed by atoms with Crippen molar-refractivity contribution in [2.75, 3.05) is 4.90 Å². The van der Waals surface area contributed by atoms with E-state index in [1.54, 1.807) is 0 Å². The van der Waals surface area contributed by atoms with Crippen molar-refractivity contribution in [1.82, 2.24) is 0 Å². The number of hydrogen-bond donors (Lipinski definition) is 0. The lowest BCUT2D eigenvalue weighted by molar-refractivity contribution is 0.668. The molecule has 0 unspecified atom stereocenters. The highest BCUT2D eigenvalue weighted by atomic mass is 32.1. The average molecular weight is 684 g/mol. The van der Waals surface area contributed by atoms with Gasteiger partial charge >= 0.3 is 0 Å². The molecule has 3 nitrogen and oxygen atoms in total. The Morgan fingerprint density at radius 3 is 1.69 bits per heavy atom. The molecule has 0 bridgehead atoms. The number of anilines is 3. The number of thiophene rings is 1. The third-order valence-corrected chi connectivity index (χ3v) is 11.6.